The van der Waals surface area contributed by atoms with Gasteiger partial charge in [-0.3, -0.25) is 14.7 Å². The van der Waals surface area contributed by atoms with E-state index < -0.39 is 0 Å². The number of aryl methyl sites for hydroxylation is 2. The fourth-order valence-electron chi connectivity index (χ4n) is 3.14. The van der Waals surface area contributed by atoms with Gasteiger partial charge in [0.05, 0.1) is 11.8 Å². The molecule has 8 heteroatoms. The van der Waals surface area contributed by atoms with Gasteiger partial charge in [0.25, 0.3) is 5.91 Å². The summed E-state index contributed by atoms with van der Waals surface area (Å²) < 4.78 is 0. The van der Waals surface area contributed by atoms with Gasteiger partial charge in [-0.15, -0.1) is 5.10 Å². The first-order chi connectivity index (χ1) is 14.8. The van der Waals surface area contributed by atoms with Gasteiger partial charge in [0, 0.05) is 11.3 Å². The molecule has 1 aromatic heterocycles. The van der Waals surface area contributed by atoms with Crippen molar-refractivity contribution in [1.29, 1.82) is 0 Å². The largest absolute Gasteiger partial charge is 0.342 e. The van der Waals surface area contributed by atoms with Crippen LogP contribution in [-0.4, -0.2) is 32.7 Å². The molecule has 1 unspecified atom stereocenters. The number of rotatable bonds is 8. The number of carbonyl (C=O) groups is 2. The molecule has 0 saturated carbocycles. The SMILES string of the molecule is Cc1cccc(C)c1NC(=O)CSc1n[nH]c(C(NC(=O)c2ccccc2)C(C)C)n1. The van der Waals surface area contributed by atoms with Gasteiger partial charge in [-0.05, 0) is 43.0 Å². The first-order valence-electron chi connectivity index (χ1n) is 10.1. The molecule has 3 rings (SSSR count). The third kappa shape index (κ3) is 5.95. The number of anilines is 1. The Morgan fingerprint density at radius 1 is 1.03 bits per heavy atom. The van der Waals surface area contributed by atoms with Gasteiger partial charge < -0.3 is 10.6 Å². The number of hydrogen-bond donors (Lipinski definition) is 3. The Hall–Kier alpha value is -3.13. The smallest absolute Gasteiger partial charge is 0.251 e. The third-order valence-electron chi connectivity index (χ3n) is 4.84. The van der Waals surface area contributed by atoms with E-state index in [1.54, 1.807) is 12.1 Å². The van der Waals surface area contributed by atoms with Crippen LogP contribution in [0.15, 0.2) is 53.7 Å². The average molecular weight is 438 g/mol. The number of nitrogens with one attached hydrogen (secondary N) is 3. The van der Waals surface area contributed by atoms with Gasteiger partial charge in [-0.25, -0.2) is 4.98 Å². The molecule has 7 nitrogen and oxygen atoms in total. The zero-order valence-electron chi connectivity index (χ0n) is 18.1. The molecule has 0 aliphatic heterocycles. The molecule has 0 aliphatic carbocycles. The first kappa shape index (κ1) is 22.6. The highest BCUT2D eigenvalue weighted by molar-refractivity contribution is 7.99. The van der Waals surface area contributed by atoms with Gasteiger partial charge in [0.15, 0.2) is 0 Å². The van der Waals surface area contributed by atoms with Crippen LogP contribution in [0.2, 0.25) is 0 Å². The van der Waals surface area contributed by atoms with Crippen molar-refractivity contribution in [2.24, 2.45) is 5.92 Å². The van der Waals surface area contributed by atoms with Crippen LogP contribution in [0.3, 0.4) is 0 Å². The number of aromatic amines is 1. The molecular formula is C23H27N5O2S. The second-order valence-electron chi connectivity index (χ2n) is 7.67. The summed E-state index contributed by atoms with van der Waals surface area (Å²) in [6.07, 6.45) is 0. The van der Waals surface area contributed by atoms with Gasteiger partial charge in [0.2, 0.25) is 11.1 Å². The maximum Gasteiger partial charge on any atom is 0.251 e. The highest BCUT2D eigenvalue weighted by Crippen LogP contribution is 2.23. The summed E-state index contributed by atoms with van der Waals surface area (Å²) in [6, 6.07) is 14.6. The molecule has 1 atom stereocenters. The van der Waals surface area contributed by atoms with Crippen LogP contribution in [0.25, 0.3) is 0 Å². The number of H-pyrrole nitrogens is 1. The summed E-state index contributed by atoms with van der Waals surface area (Å²) in [6.45, 7) is 7.94. The Morgan fingerprint density at radius 2 is 1.71 bits per heavy atom. The van der Waals surface area contributed by atoms with Crippen molar-refractivity contribution >= 4 is 29.3 Å². The lowest BCUT2D eigenvalue weighted by molar-refractivity contribution is -0.113. The van der Waals surface area contributed by atoms with Gasteiger partial charge in [-0.2, -0.15) is 0 Å². The van der Waals surface area contributed by atoms with Crippen LogP contribution in [0.4, 0.5) is 5.69 Å². The Labute approximate surface area is 186 Å². The number of hydrogen-bond acceptors (Lipinski definition) is 5. The van der Waals surface area contributed by atoms with E-state index in [4.69, 9.17) is 0 Å². The van der Waals surface area contributed by atoms with E-state index in [2.05, 4.69) is 25.8 Å². The third-order valence-corrected chi connectivity index (χ3v) is 5.69. The number of thioether (sulfide) groups is 1. The van der Waals surface area contributed by atoms with Crippen molar-refractivity contribution in [3.05, 3.63) is 71.0 Å². The van der Waals surface area contributed by atoms with Crippen LogP contribution in [-0.2, 0) is 4.79 Å². The van der Waals surface area contributed by atoms with Crippen molar-refractivity contribution < 1.29 is 9.59 Å². The van der Waals surface area contributed by atoms with E-state index in [0.717, 1.165) is 16.8 Å². The highest BCUT2D eigenvalue weighted by atomic mass is 32.2. The molecule has 0 spiro atoms. The van der Waals surface area contributed by atoms with E-state index >= 15 is 0 Å². The normalized spacial score (nSPS) is 11.9. The predicted molar refractivity (Wildman–Crippen MR) is 123 cm³/mol. The van der Waals surface area contributed by atoms with Gasteiger partial charge in [0.1, 0.15) is 5.82 Å². The second kappa shape index (κ2) is 10.3. The van der Waals surface area contributed by atoms with E-state index in [-0.39, 0.29) is 29.5 Å². The molecular weight excluding hydrogens is 410 g/mol. The van der Waals surface area contributed by atoms with Crippen molar-refractivity contribution in [3.8, 4) is 0 Å². The predicted octanol–water partition coefficient (Wildman–Crippen LogP) is 4.28. The maximum absolute atomic E-state index is 12.6. The van der Waals surface area contributed by atoms with Crippen molar-refractivity contribution in [3.63, 3.8) is 0 Å². The second-order valence-corrected chi connectivity index (χ2v) is 8.61. The maximum atomic E-state index is 12.6. The van der Waals surface area contributed by atoms with Crippen LogP contribution in [0.1, 0.15) is 47.2 Å². The lowest BCUT2D eigenvalue weighted by Gasteiger charge is -2.19. The first-order valence-corrected chi connectivity index (χ1v) is 11.1. The summed E-state index contributed by atoms with van der Waals surface area (Å²) in [5.41, 5.74) is 3.47. The minimum atomic E-state index is -0.321. The minimum Gasteiger partial charge on any atom is -0.342 e. The van der Waals surface area contributed by atoms with E-state index in [0.29, 0.717) is 16.5 Å². The fourth-order valence-corrected chi connectivity index (χ4v) is 3.75. The highest BCUT2D eigenvalue weighted by Gasteiger charge is 2.23. The number of amides is 2. The standard InChI is InChI=1S/C23H27N5O2S/c1-14(2)19(25-22(30)17-11-6-5-7-12-17)21-26-23(28-27-21)31-13-18(29)24-20-15(3)9-8-10-16(20)4/h5-12,14,19H,13H2,1-4H3,(H,24,29)(H,25,30)(H,26,27,28). The molecule has 0 saturated heterocycles. The number of para-hydroxylation sites is 1. The summed E-state index contributed by atoms with van der Waals surface area (Å²) in [5.74, 6) is 0.570. The molecule has 3 N–H and O–H groups in total. The van der Waals surface area contributed by atoms with Crippen LogP contribution >= 0.6 is 11.8 Å². The van der Waals surface area contributed by atoms with Crippen LogP contribution < -0.4 is 10.6 Å². The fraction of sp³-hybridized carbons (Fsp3) is 0.304. The summed E-state index contributed by atoms with van der Waals surface area (Å²) in [4.78, 5) is 29.4. The topological polar surface area (TPSA) is 99.8 Å². The molecule has 2 amide bonds. The lowest BCUT2D eigenvalue weighted by Crippen LogP contribution is -2.32. The van der Waals surface area contributed by atoms with Gasteiger partial charge in [-0.1, -0.05) is 62.0 Å². The van der Waals surface area contributed by atoms with E-state index in [9.17, 15) is 9.59 Å². The Balaban J connectivity index is 1.61. The number of benzene rings is 2. The molecule has 31 heavy (non-hydrogen) atoms. The quantitative estimate of drug-likeness (QED) is 0.457. The van der Waals surface area contributed by atoms with Crippen LogP contribution in [0.5, 0.6) is 0 Å². The molecule has 2 aromatic carbocycles. The summed E-state index contributed by atoms with van der Waals surface area (Å²) >= 11 is 1.25. The van der Waals surface area contributed by atoms with E-state index in [1.165, 1.54) is 11.8 Å². The van der Waals surface area contributed by atoms with Crippen molar-refractivity contribution in [1.82, 2.24) is 20.5 Å². The zero-order chi connectivity index (χ0) is 22.4. The Kier molecular flexibility index (Phi) is 7.46. The lowest BCUT2D eigenvalue weighted by atomic mass is 10.0. The average Bonchev–Trinajstić information content (AvgIpc) is 3.22. The summed E-state index contributed by atoms with van der Waals surface area (Å²) in [7, 11) is 0. The minimum absolute atomic E-state index is 0.103. The number of aromatic nitrogens is 3. The molecule has 0 bridgehead atoms. The van der Waals surface area contributed by atoms with Crippen LogP contribution in [0, 0.1) is 19.8 Å². The monoisotopic (exact) mass is 437 g/mol. The zero-order valence-corrected chi connectivity index (χ0v) is 18.9. The molecule has 0 radical (unpaired) electrons. The van der Waals surface area contributed by atoms with Gasteiger partial charge >= 0.3 is 0 Å². The van der Waals surface area contributed by atoms with Crippen molar-refractivity contribution in [2.75, 3.05) is 11.1 Å². The number of nitrogens with zero attached hydrogens (tertiary/aromatic N) is 2. The van der Waals surface area contributed by atoms with Crippen molar-refractivity contribution in [2.45, 2.75) is 38.9 Å². The molecule has 0 fully saturated rings. The number of carbonyl (C=O) groups excluding carboxylic acids is 2. The molecule has 3 aromatic rings. The Morgan fingerprint density at radius 3 is 2.35 bits per heavy atom. The molecule has 162 valence electrons. The molecule has 1 heterocycles. The Bertz CT molecular complexity index is 1030. The molecule has 0 aliphatic rings. The summed E-state index contributed by atoms with van der Waals surface area (Å²) in [5, 5.41) is 13.6. The van der Waals surface area contributed by atoms with E-state index in [1.807, 2.05) is 64.1 Å².